The smallest absolute Gasteiger partial charge is 0.336 e. The molecule has 0 radical (unpaired) electrons. The van der Waals surface area contributed by atoms with Gasteiger partial charge >= 0.3 is 5.63 Å². The summed E-state index contributed by atoms with van der Waals surface area (Å²) in [5.74, 6) is 0.421. The molecule has 0 fully saturated rings. The van der Waals surface area contributed by atoms with Gasteiger partial charge in [-0.25, -0.2) is 4.79 Å². The number of nitrogens with one attached hydrogen (secondary N) is 1. The largest absolute Gasteiger partial charge is 0.423 e. The van der Waals surface area contributed by atoms with Gasteiger partial charge < -0.3 is 9.73 Å². The van der Waals surface area contributed by atoms with Crippen molar-refractivity contribution in [1.82, 2.24) is 5.32 Å². The first-order valence-corrected chi connectivity index (χ1v) is 8.48. The minimum atomic E-state index is -0.288. The lowest BCUT2D eigenvalue weighted by atomic mass is 10.0. The van der Waals surface area contributed by atoms with E-state index in [2.05, 4.69) is 55.6 Å². The highest BCUT2D eigenvalue weighted by molar-refractivity contribution is 5.80. The van der Waals surface area contributed by atoms with Crippen molar-refractivity contribution < 1.29 is 4.42 Å². The number of aryl methyl sites for hydroxylation is 1. The number of rotatable bonds is 6. The fourth-order valence-electron chi connectivity index (χ4n) is 2.96. The minimum Gasteiger partial charge on any atom is -0.423 e. The van der Waals surface area contributed by atoms with Gasteiger partial charge in [0.2, 0.25) is 0 Å². The molecule has 3 aromatic rings. The summed E-state index contributed by atoms with van der Waals surface area (Å²) in [5.41, 5.74) is 3.87. The van der Waals surface area contributed by atoms with E-state index in [1.54, 1.807) is 6.07 Å². The van der Waals surface area contributed by atoms with Crippen molar-refractivity contribution in [1.29, 1.82) is 0 Å². The first kappa shape index (κ1) is 16.5. The van der Waals surface area contributed by atoms with Gasteiger partial charge in [-0.1, -0.05) is 56.3 Å². The van der Waals surface area contributed by atoms with Gasteiger partial charge in [-0.2, -0.15) is 0 Å². The highest BCUT2D eigenvalue weighted by Crippen LogP contribution is 2.19. The van der Waals surface area contributed by atoms with Crippen molar-refractivity contribution in [3.63, 3.8) is 0 Å². The minimum absolute atomic E-state index is 0.288. The second kappa shape index (κ2) is 7.45. The summed E-state index contributed by atoms with van der Waals surface area (Å²) in [7, 11) is 0. The zero-order valence-corrected chi connectivity index (χ0v) is 14.2. The van der Waals surface area contributed by atoms with E-state index in [0.717, 1.165) is 23.9 Å². The zero-order chi connectivity index (χ0) is 16.9. The summed E-state index contributed by atoms with van der Waals surface area (Å²) in [4.78, 5) is 11.8. The lowest BCUT2D eigenvalue weighted by molar-refractivity contribution is 0.554. The lowest BCUT2D eigenvalue weighted by Crippen LogP contribution is -2.20. The molecule has 2 aromatic carbocycles. The highest BCUT2D eigenvalue weighted by atomic mass is 16.4. The molecule has 0 aliphatic rings. The second-order valence-electron chi connectivity index (χ2n) is 6.22. The maximum absolute atomic E-state index is 11.8. The molecular formula is C21H23NO2. The van der Waals surface area contributed by atoms with Gasteiger partial charge in [-0.05, 0) is 35.1 Å². The third-order valence-electron chi connectivity index (χ3n) is 4.44. The number of benzene rings is 2. The van der Waals surface area contributed by atoms with Gasteiger partial charge in [0.15, 0.2) is 0 Å². The number of hydrogen-bond donors (Lipinski definition) is 1. The van der Waals surface area contributed by atoms with Crippen LogP contribution in [-0.4, -0.2) is 6.54 Å². The van der Waals surface area contributed by atoms with Gasteiger partial charge in [-0.3, -0.25) is 0 Å². The molecule has 0 spiro atoms. The third-order valence-corrected chi connectivity index (χ3v) is 4.44. The predicted molar refractivity (Wildman–Crippen MR) is 98.4 cm³/mol. The average Bonchev–Trinajstić information content (AvgIpc) is 2.61. The van der Waals surface area contributed by atoms with Crippen molar-refractivity contribution in [2.45, 2.75) is 32.7 Å². The summed E-state index contributed by atoms with van der Waals surface area (Å²) in [5, 5.41) is 4.47. The topological polar surface area (TPSA) is 42.2 Å². The van der Waals surface area contributed by atoms with Gasteiger partial charge in [0.25, 0.3) is 0 Å². The fraction of sp³-hybridized carbons (Fsp3) is 0.286. The van der Waals surface area contributed by atoms with Gasteiger partial charge in [0, 0.05) is 24.5 Å². The van der Waals surface area contributed by atoms with Crippen LogP contribution in [0.15, 0.2) is 63.8 Å². The Morgan fingerprint density at radius 2 is 1.88 bits per heavy atom. The molecule has 0 saturated heterocycles. The van der Waals surface area contributed by atoms with Crippen molar-refractivity contribution in [3.8, 4) is 0 Å². The quantitative estimate of drug-likeness (QED) is 0.690. The van der Waals surface area contributed by atoms with E-state index in [9.17, 15) is 4.79 Å². The molecular weight excluding hydrogens is 298 g/mol. The molecule has 1 N–H and O–H groups in total. The van der Waals surface area contributed by atoms with Crippen LogP contribution in [0.25, 0.3) is 11.0 Å². The standard InChI is InChI=1S/C21H23NO2/c1-3-16-9-10-19-18(12-21(23)24-20(19)11-16)14-22-13-15(2)17-7-5-4-6-8-17/h4-12,15,22H,3,13-14H2,1-2H3/t15-/m0/s1. The van der Waals surface area contributed by atoms with Crippen molar-refractivity contribution in [3.05, 3.63) is 81.7 Å². The SMILES string of the molecule is CCc1ccc2c(CNC[C@H](C)c3ccccc3)cc(=O)oc2c1. The van der Waals surface area contributed by atoms with E-state index < -0.39 is 0 Å². The van der Waals surface area contributed by atoms with E-state index in [0.29, 0.717) is 18.0 Å². The lowest BCUT2D eigenvalue weighted by Gasteiger charge is -2.14. The van der Waals surface area contributed by atoms with Crippen LogP contribution in [0.1, 0.15) is 36.5 Å². The highest BCUT2D eigenvalue weighted by Gasteiger charge is 2.08. The Kier molecular flexibility index (Phi) is 5.11. The summed E-state index contributed by atoms with van der Waals surface area (Å²) in [6, 6.07) is 18.1. The van der Waals surface area contributed by atoms with Crippen molar-refractivity contribution in [2.75, 3.05) is 6.54 Å². The summed E-state index contributed by atoms with van der Waals surface area (Å²) < 4.78 is 5.36. The van der Waals surface area contributed by atoms with E-state index in [1.807, 2.05) is 12.1 Å². The fourth-order valence-corrected chi connectivity index (χ4v) is 2.96. The van der Waals surface area contributed by atoms with E-state index in [-0.39, 0.29) is 5.63 Å². The van der Waals surface area contributed by atoms with Crippen LogP contribution in [0.3, 0.4) is 0 Å². The van der Waals surface area contributed by atoms with Gasteiger partial charge in [0.05, 0.1) is 0 Å². The summed E-state index contributed by atoms with van der Waals surface area (Å²) in [6.45, 7) is 5.81. The zero-order valence-electron chi connectivity index (χ0n) is 14.2. The van der Waals surface area contributed by atoms with Crippen molar-refractivity contribution in [2.24, 2.45) is 0 Å². The molecule has 0 amide bonds. The van der Waals surface area contributed by atoms with E-state index in [1.165, 1.54) is 11.1 Å². The van der Waals surface area contributed by atoms with Gasteiger partial charge in [-0.15, -0.1) is 0 Å². The second-order valence-corrected chi connectivity index (χ2v) is 6.22. The molecule has 0 bridgehead atoms. The Labute approximate surface area is 142 Å². The van der Waals surface area contributed by atoms with Crippen LogP contribution < -0.4 is 10.9 Å². The Hall–Kier alpha value is -2.39. The summed E-state index contributed by atoms with van der Waals surface area (Å²) in [6.07, 6.45) is 0.927. The predicted octanol–water partition coefficient (Wildman–Crippen LogP) is 4.25. The number of hydrogen-bond acceptors (Lipinski definition) is 3. The molecule has 1 aromatic heterocycles. The van der Waals surface area contributed by atoms with Crippen LogP contribution >= 0.6 is 0 Å². The molecule has 124 valence electrons. The Morgan fingerprint density at radius 3 is 2.62 bits per heavy atom. The van der Waals surface area contributed by atoms with Crippen LogP contribution in [0.5, 0.6) is 0 Å². The van der Waals surface area contributed by atoms with Crippen LogP contribution in [-0.2, 0) is 13.0 Å². The molecule has 0 unspecified atom stereocenters. The maximum Gasteiger partial charge on any atom is 0.336 e. The molecule has 0 aliphatic heterocycles. The molecule has 3 heteroatoms. The normalized spacial score (nSPS) is 12.4. The summed E-state index contributed by atoms with van der Waals surface area (Å²) >= 11 is 0. The van der Waals surface area contributed by atoms with Crippen LogP contribution in [0, 0.1) is 0 Å². The molecule has 0 saturated carbocycles. The Bertz CT molecular complexity index is 868. The van der Waals surface area contributed by atoms with Gasteiger partial charge in [0.1, 0.15) is 5.58 Å². The van der Waals surface area contributed by atoms with E-state index >= 15 is 0 Å². The Morgan fingerprint density at radius 1 is 1.08 bits per heavy atom. The van der Waals surface area contributed by atoms with Crippen LogP contribution in [0.2, 0.25) is 0 Å². The average molecular weight is 321 g/mol. The van der Waals surface area contributed by atoms with E-state index in [4.69, 9.17) is 4.42 Å². The molecule has 3 rings (SSSR count). The van der Waals surface area contributed by atoms with Crippen molar-refractivity contribution >= 4 is 11.0 Å². The molecule has 3 nitrogen and oxygen atoms in total. The first-order valence-electron chi connectivity index (χ1n) is 8.48. The Balaban J connectivity index is 1.74. The number of fused-ring (bicyclic) bond motifs is 1. The van der Waals surface area contributed by atoms with Crippen LogP contribution in [0.4, 0.5) is 0 Å². The maximum atomic E-state index is 11.8. The first-order chi connectivity index (χ1) is 11.7. The molecule has 24 heavy (non-hydrogen) atoms. The molecule has 1 atom stereocenters. The molecule has 1 heterocycles. The monoisotopic (exact) mass is 321 g/mol. The molecule has 0 aliphatic carbocycles. The third kappa shape index (κ3) is 3.74.